The number of rotatable bonds is 6. The van der Waals surface area contributed by atoms with Crippen molar-refractivity contribution in [3.63, 3.8) is 0 Å². The van der Waals surface area contributed by atoms with E-state index in [2.05, 4.69) is 26.2 Å². The Morgan fingerprint density at radius 2 is 2.26 bits per heavy atom. The topological polar surface area (TPSA) is 47.3 Å². The molecule has 1 aromatic heterocycles. The minimum atomic E-state index is -0.319. The molecule has 0 aliphatic rings. The molecule has 0 spiro atoms. The zero-order valence-corrected chi connectivity index (χ0v) is 12.0. The summed E-state index contributed by atoms with van der Waals surface area (Å²) in [5.41, 5.74) is 0.655. The van der Waals surface area contributed by atoms with Crippen LogP contribution in [-0.2, 0) is 11.3 Å². The lowest BCUT2D eigenvalue weighted by Gasteiger charge is -2.00. The van der Waals surface area contributed by atoms with Gasteiger partial charge < -0.3 is 14.5 Å². The number of benzene rings is 1. The Morgan fingerprint density at radius 1 is 1.42 bits per heavy atom. The first-order chi connectivity index (χ1) is 9.19. The standard InChI is InChI=1S/C13H14BrFN2O2/c1-18-3-2-16-8-13-17-7-12(19-13)9-4-10(14)6-11(15)5-9/h4-7,16H,2-3,8H2,1H3. The number of nitrogens with zero attached hydrogens (tertiary/aromatic N) is 1. The maximum absolute atomic E-state index is 13.3. The predicted molar refractivity (Wildman–Crippen MR) is 73.2 cm³/mol. The Morgan fingerprint density at radius 3 is 3.00 bits per heavy atom. The Balaban J connectivity index is 2.03. The van der Waals surface area contributed by atoms with Crippen molar-refractivity contribution in [1.82, 2.24) is 10.3 Å². The van der Waals surface area contributed by atoms with E-state index in [1.54, 1.807) is 19.4 Å². The number of hydrogen-bond donors (Lipinski definition) is 1. The molecular weight excluding hydrogens is 315 g/mol. The molecule has 0 saturated heterocycles. The van der Waals surface area contributed by atoms with Crippen LogP contribution in [0, 0.1) is 5.82 Å². The van der Waals surface area contributed by atoms with Gasteiger partial charge in [-0.15, -0.1) is 0 Å². The first-order valence-electron chi connectivity index (χ1n) is 5.80. The maximum atomic E-state index is 13.3. The highest BCUT2D eigenvalue weighted by molar-refractivity contribution is 9.10. The van der Waals surface area contributed by atoms with Gasteiger partial charge in [0, 0.05) is 23.7 Å². The van der Waals surface area contributed by atoms with Crippen LogP contribution in [-0.4, -0.2) is 25.2 Å². The summed E-state index contributed by atoms with van der Waals surface area (Å²) in [6.07, 6.45) is 1.59. The van der Waals surface area contributed by atoms with Crippen molar-refractivity contribution in [2.45, 2.75) is 6.54 Å². The molecule has 1 heterocycles. The van der Waals surface area contributed by atoms with E-state index in [1.807, 2.05) is 0 Å². The lowest BCUT2D eigenvalue weighted by Crippen LogP contribution is -2.18. The van der Waals surface area contributed by atoms with E-state index in [1.165, 1.54) is 12.1 Å². The third-order valence-corrected chi connectivity index (χ3v) is 2.92. The number of ether oxygens (including phenoxy) is 1. The highest BCUT2D eigenvalue weighted by Gasteiger charge is 2.08. The smallest absolute Gasteiger partial charge is 0.208 e. The first kappa shape index (κ1) is 14.2. The molecule has 0 aliphatic carbocycles. The van der Waals surface area contributed by atoms with Crippen LogP contribution in [0.5, 0.6) is 0 Å². The third-order valence-electron chi connectivity index (χ3n) is 2.46. The summed E-state index contributed by atoms with van der Waals surface area (Å²) in [5.74, 6) is 0.788. The van der Waals surface area contributed by atoms with Crippen molar-refractivity contribution in [3.05, 3.63) is 40.6 Å². The van der Waals surface area contributed by atoms with Crippen LogP contribution < -0.4 is 5.32 Å². The molecule has 0 bridgehead atoms. The van der Waals surface area contributed by atoms with Crippen molar-refractivity contribution in [2.24, 2.45) is 0 Å². The molecule has 4 nitrogen and oxygen atoms in total. The van der Waals surface area contributed by atoms with E-state index in [0.29, 0.717) is 34.8 Å². The Labute approximate surface area is 119 Å². The predicted octanol–water partition coefficient (Wildman–Crippen LogP) is 2.98. The van der Waals surface area contributed by atoms with Crippen molar-refractivity contribution in [3.8, 4) is 11.3 Å². The minimum absolute atomic E-state index is 0.319. The van der Waals surface area contributed by atoms with Gasteiger partial charge in [0.25, 0.3) is 0 Å². The van der Waals surface area contributed by atoms with E-state index in [0.717, 1.165) is 6.54 Å². The zero-order chi connectivity index (χ0) is 13.7. The number of oxazole rings is 1. The van der Waals surface area contributed by atoms with Gasteiger partial charge in [-0.25, -0.2) is 9.37 Å². The van der Waals surface area contributed by atoms with Crippen molar-refractivity contribution in [1.29, 1.82) is 0 Å². The summed E-state index contributed by atoms with van der Waals surface area (Å²) in [7, 11) is 1.65. The molecule has 0 saturated carbocycles. The quantitative estimate of drug-likeness (QED) is 0.828. The fraction of sp³-hybridized carbons (Fsp3) is 0.308. The SMILES string of the molecule is COCCNCc1ncc(-c2cc(F)cc(Br)c2)o1. The van der Waals surface area contributed by atoms with Crippen LogP contribution in [0.4, 0.5) is 4.39 Å². The molecule has 0 fully saturated rings. The molecule has 0 amide bonds. The molecule has 2 aromatic rings. The molecule has 6 heteroatoms. The summed E-state index contributed by atoms with van der Waals surface area (Å²) in [4.78, 5) is 4.14. The van der Waals surface area contributed by atoms with Crippen LogP contribution in [0.1, 0.15) is 5.89 Å². The van der Waals surface area contributed by atoms with Gasteiger partial charge in [-0.1, -0.05) is 15.9 Å². The summed E-state index contributed by atoms with van der Waals surface area (Å²) >= 11 is 3.25. The lowest BCUT2D eigenvalue weighted by molar-refractivity contribution is 0.198. The summed E-state index contributed by atoms with van der Waals surface area (Å²) in [6.45, 7) is 1.87. The largest absolute Gasteiger partial charge is 0.439 e. The number of halogens is 2. The minimum Gasteiger partial charge on any atom is -0.439 e. The van der Waals surface area contributed by atoms with Crippen LogP contribution in [0.2, 0.25) is 0 Å². The fourth-order valence-corrected chi connectivity index (χ4v) is 2.06. The van der Waals surface area contributed by atoms with Gasteiger partial charge in [0.2, 0.25) is 5.89 Å². The van der Waals surface area contributed by atoms with Gasteiger partial charge in [0.05, 0.1) is 19.3 Å². The van der Waals surface area contributed by atoms with Gasteiger partial charge in [0.15, 0.2) is 5.76 Å². The number of methoxy groups -OCH3 is 1. The molecular formula is C13H14BrFN2O2. The third kappa shape index (κ3) is 4.12. The second-order valence-corrected chi connectivity index (χ2v) is 4.86. The molecule has 0 radical (unpaired) electrons. The van der Waals surface area contributed by atoms with E-state index < -0.39 is 0 Å². The number of aromatic nitrogens is 1. The van der Waals surface area contributed by atoms with E-state index in [-0.39, 0.29) is 5.82 Å². The van der Waals surface area contributed by atoms with E-state index in [9.17, 15) is 4.39 Å². The fourth-order valence-electron chi connectivity index (χ4n) is 1.59. The molecule has 1 N–H and O–H groups in total. The van der Waals surface area contributed by atoms with Gasteiger partial charge in [-0.05, 0) is 18.2 Å². The number of hydrogen-bond acceptors (Lipinski definition) is 4. The average Bonchev–Trinajstić information content (AvgIpc) is 2.82. The second kappa shape index (κ2) is 6.79. The molecule has 0 aliphatic heterocycles. The summed E-state index contributed by atoms with van der Waals surface area (Å²) < 4.78 is 24.4. The molecule has 0 unspecified atom stereocenters. The van der Waals surface area contributed by atoms with Gasteiger partial charge in [0.1, 0.15) is 5.82 Å². The van der Waals surface area contributed by atoms with Crippen LogP contribution >= 0.6 is 15.9 Å². The van der Waals surface area contributed by atoms with Crippen LogP contribution in [0.15, 0.2) is 33.3 Å². The lowest BCUT2D eigenvalue weighted by atomic mass is 10.2. The Kier molecular flexibility index (Phi) is 5.07. The molecule has 1 aromatic carbocycles. The summed E-state index contributed by atoms with van der Waals surface area (Å²) in [6, 6.07) is 4.59. The highest BCUT2D eigenvalue weighted by atomic mass is 79.9. The molecule has 102 valence electrons. The first-order valence-corrected chi connectivity index (χ1v) is 6.59. The second-order valence-electron chi connectivity index (χ2n) is 3.95. The maximum Gasteiger partial charge on any atom is 0.208 e. The molecule has 2 rings (SSSR count). The molecule has 0 atom stereocenters. The van der Waals surface area contributed by atoms with Gasteiger partial charge in [-0.3, -0.25) is 0 Å². The van der Waals surface area contributed by atoms with Crippen molar-refractivity contribution >= 4 is 15.9 Å². The Bertz CT molecular complexity index is 525. The highest BCUT2D eigenvalue weighted by Crippen LogP contribution is 2.25. The van der Waals surface area contributed by atoms with E-state index >= 15 is 0 Å². The average molecular weight is 329 g/mol. The number of nitrogens with one attached hydrogen (secondary N) is 1. The van der Waals surface area contributed by atoms with Gasteiger partial charge in [-0.2, -0.15) is 0 Å². The van der Waals surface area contributed by atoms with Gasteiger partial charge >= 0.3 is 0 Å². The summed E-state index contributed by atoms with van der Waals surface area (Å²) in [5, 5.41) is 3.13. The van der Waals surface area contributed by atoms with E-state index in [4.69, 9.17) is 9.15 Å². The van der Waals surface area contributed by atoms with Crippen LogP contribution in [0.3, 0.4) is 0 Å². The zero-order valence-electron chi connectivity index (χ0n) is 10.5. The monoisotopic (exact) mass is 328 g/mol. The Hall–Kier alpha value is -1.24. The van der Waals surface area contributed by atoms with Crippen LogP contribution in [0.25, 0.3) is 11.3 Å². The van der Waals surface area contributed by atoms with Crippen molar-refractivity contribution in [2.75, 3.05) is 20.3 Å². The molecule has 19 heavy (non-hydrogen) atoms. The normalized spacial score (nSPS) is 10.9. The van der Waals surface area contributed by atoms with Crippen molar-refractivity contribution < 1.29 is 13.5 Å².